The minimum atomic E-state index is -1.01. The summed E-state index contributed by atoms with van der Waals surface area (Å²) in [6.45, 7) is 21.8. The number of aliphatic carboxylic acids is 1. The minimum absolute atomic E-state index is 0.0410. The number of rotatable bonds is 5. The van der Waals surface area contributed by atoms with Crippen LogP contribution >= 0.6 is 0 Å². The van der Waals surface area contributed by atoms with Crippen molar-refractivity contribution in [3.8, 4) is 0 Å². The number of nitrogens with zero attached hydrogens (tertiary/aromatic N) is 3. The molecule has 0 saturated carbocycles. The molecule has 0 unspecified atom stereocenters. The summed E-state index contributed by atoms with van der Waals surface area (Å²) in [5.74, 6) is -1.20. The van der Waals surface area contributed by atoms with E-state index >= 15 is 0 Å². The predicted octanol–water partition coefficient (Wildman–Crippen LogP) is 4.15. The standard InChI is InChI=1S/C25H45N3O3/c1-17(12-20(29)30)21(31)28(18-13-22(2,3)26(10)23(4,5)14-18)19-15-24(6,7)27(11)25(8,9)16-19/h18-19H,1,12-16H2,2-11H3,(H,29,30). The highest BCUT2D eigenvalue weighted by Gasteiger charge is 2.51. The fourth-order valence-corrected chi connectivity index (χ4v) is 6.10. The Morgan fingerprint density at radius 2 is 1.10 bits per heavy atom. The van der Waals surface area contributed by atoms with Gasteiger partial charge in [-0.25, -0.2) is 0 Å². The molecular weight excluding hydrogens is 390 g/mol. The average Bonchev–Trinajstić information content (AvgIpc) is 2.56. The van der Waals surface area contributed by atoms with E-state index < -0.39 is 5.97 Å². The number of carbonyl (C=O) groups excluding carboxylic acids is 1. The molecular formula is C25H45N3O3. The Morgan fingerprint density at radius 1 is 0.806 bits per heavy atom. The average molecular weight is 436 g/mol. The summed E-state index contributed by atoms with van der Waals surface area (Å²) in [4.78, 5) is 31.9. The first-order valence-electron chi connectivity index (χ1n) is 11.5. The first kappa shape index (κ1) is 25.9. The van der Waals surface area contributed by atoms with Crippen molar-refractivity contribution < 1.29 is 14.7 Å². The maximum Gasteiger partial charge on any atom is 0.308 e. The van der Waals surface area contributed by atoms with Gasteiger partial charge in [-0.1, -0.05) is 6.58 Å². The Hall–Kier alpha value is -1.40. The molecule has 0 aromatic carbocycles. The summed E-state index contributed by atoms with van der Waals surface area (Å²) in [7, 11) is 4.32. The molecule has 6 heteroatoms. The highest BCUT2D eigenvalue weighted by atomic mass is 16.4. The van der Waals surface area contributed by atoms with Gasteiger partial charge in [-0.05, 0) is 95.2 Å². The first-order valence-corrected chi connectivity index (χ1v) is 11.5. The van der Waals surface area contributed by atoms with Gasteiger partial charge in [-0.3, -0.25) is 19.4 Å². The molecule has 2 fully saturated rings. The van der Waals surface area contributed by atoms with E-state index in [0.717, 1.165) is 25.7 Å². The van der Waals surface area contributed by atoms with Crippen LogP contribution in [-0.2, 0) is 9.59 Å². The molecule has 0 aromatic heterocycles. The number of carboxylic acids is 1. The Kier molecular flexibility index (Phi) is 6.83. The van der Waals surface area contributed by atoms with Crippen LogP contribution in [0.15, 0.2) is 12.2 Å². The molecule has 0 aliphatic carbocycles. The van der Waals surface area contributed by atoms with Crippen LogP contribution in [0.3, 0.4) is 0 Å². The van der Waals surface area contributed by atoms with Crippen LogP contribution in [0.25, 0.3) is 0 Å². The molecule has 178 valence electrons. The van der Waals surface area contributed by atoms with Crippen molar-refractivity contribution >= 4 is 11.9 Å². The maximum atomic E-state index is 13.7. The second kappa shape index (κ2) is 8.18. The lowest BCUT2D eigenvalue weighted by atomic mass is 9.73. The number of hydrogen-bond donors (Lipinski definition) is 1. The zero-order valence-corrected chi connectivity index (χ0v) is 21.5. The van der Waals surface area contributed by atoms with E-state index in [1.54, 1.807) is 0 Å². The Bertz CT molecular complexity index is 660. The largest absolute Gasteiger partial charge is 0.481 e. The van der Waals surface area contributed by atoms with Crippen LogP contribution in [0.2, 0.25) is 0 Å². The van der Waals surface area contributed by atoms with E-state index in [-0.39, 0.29) is 52.1 Å². The zero-order valence-electron chi connectivity index (χ0n) is 21.5. The lowest BCUT2D eigenvalue weighted by molar-refractivity contribution is -0.147. The van der Waals surface area contributed by atoms with Crippen LogP contribution < -0.4 is 0 Å². The summed E-state index contributed by atoms with van der Waals surface area (Å²) in [6.07, 6.45) is 3.10. The molecule has 0 atom stereocenters. The smallest absolute Gasteiger partial charge is 0.308 e. The van der Waals surface area contributed by atoms with Crippen molar-refractivity contribution in [1.29, 1.82) is 0 Å². The highest BCUT2D eigenvalue weighted by molar-refractivity contribution is 5.97. The van der Waals surface area contributed by atoms with Crippen molar-refractivity contribution in [2.45, 2.75) is 122 Å². The second-order valence-corrected chi connectivity index (χ2v) is 12.4. The second-order valence-electron chi connectivity index (χ2n) is 12.4. The van der Waals surface area contributed by atoms with E-state index in [1.165, 1.54) is 0 Å². The first-order chi connectivity index (χ1) is 13.8. The van der Waals surface area contributed by atoms with Crippen molar-refractivity contribution in [3.63, 3.8) is 0 Å². The molecule has 2 aliphatic heterocycles. The number of piperidine rings is 2. The lowest BCUT2D eigenvalue weighted by Gasteiger charge is -2.60. The maximum absolute atomic E-state index is 13.7. The van der Waals surface area contributed by atoms with Crippen LogP contribution in [0, 0.1) is 0 Å². The third-order valence-electron chi connectivity index (χ3n) is 8.26. The van der Waals surface area contributed by atoms with Gasteiger partial charge in [0.15, 0.2) is 0 Å². The fourth-order valence-electron chi connectivity index (χ4n) is 6.10. The van der Waals surface area contributed by atoms with E-state index in [1.807, 2.05) is 4.90 Å². The number of carbonyl (C=O) groups is 2. The summed E-state index contributed by atoms with van der Waals surface area (Å²) >= 11 is 0. The van der Waals surface area contributed by atoms with Gasteiger partial charge in [0.05, 0.1) is 6.42 Å². The van der Waals surface area contributed by atoms with Gasteiger partial charge in [0.1, 0.15) is 0 Å². The van der Waals surface area contributed by atoms with Crippen molar-refractivity contribution in [1.82, 2.24) is 14.7 Å². The summed E-state index contributed by atoms with van der Waals surface area (Å²) in [6, 6.07) is 0.0819. The van der Waals surface area contributed by atoms with Crippen molar-refractivity contribution in [2.75, 3.05) is 14.1 Å². The molecule has 1 amide bonds. The van der Waals surface area contributed by atoms with Gasteiger partial charge in [0.25, 0.3) is 0 Å². The van der Waals surface area contributed by atoms with Crippen LogP contribution in [0.4, 0.5) is 0 Å². The van der Waals surface area contributed by atoms with E-state index in [4.69, 9.17) is 0 Å². The molecule has 0 spiro atoms. The van der Waals surface area contributed by atoms with Gasteiger partial charge in [0, 0.05) is 39.8 Å². The Labute approximate surface area is 189 Å². The molecule has 1 N–H and O–H groups in total. The third-order valence-corrected chi connectivity index (χ3v) is 8.26. The SMILES string of the molecule is C=C(CC(=O)O)C(=O)N(C1CC(C)(C)N(C)C(C)(C)C1)C1CC(C)(C)N(C)C(C)(C)C1. The number of carboxylic acid groups (broad SMARTS) is 1. The monoisotopic (exact) mass is 435 g/mol. The molecule has 0 radical (unpaired) electrons. The Morgan fingerprint density at radius 3 is 1.35 bits per heavy atom. The van der Waals surface area contributed by atoms with Gasteiger partial charge < -0.3 is 10.0 Å². The fraction of sp³-hybridized carbons (Fsp3) is 0.840. The summed E-state index contributed by atoms with van der Waals surface area (Å²) in [5, 5.41) is 9.29. The predicted molar refractivity (Wildman–Crippen MR) is 126 cm³/mol. The van der Waals surface area contributed by atoms with E-state index in [0.29, 0.717) is 0 Å². The number of amides is 1. The van der Waals surface area contributed by atoms with Gasteiger partial charge in [0.2, 0.25) is 5.91 Å². The number of hydrogen-bond acceptors (Lipinski definition) is 4. The normalized spacial score (nSPS) is 26.4. The van der Waals surface area contributed by atoms with Crippen LogP contribution in [0.1, 0.15) is 87.5 Å². The topological polar surface area (TPSA) is 64.1 Å². The van der Waals surface area contributed by atoms with Crippen LogP contribution in [0.5, 0.6) is 0 Å². The molecule has 2 saturated heterocycles. The number of likely N-dealkylation sites (tertiary alicyclic amines) is 2. The van der Waals surface area contributed by atoms with Gasteiger partial charge in [-0.2, -0.15) is 0 Å². The Balaban J connectivity index is 2.51. The molecule has 2 heterocycles. The van der Waals surface area contributed by atoms with E-state index in [9.17, 15) is 14.7 Å². The third kappa shape index (κ3) is 5.16. The minimum Gasteiger partial charge on any atom is -0.481 e. The van der Waals surface area contributed by atoms with Crippen molar-refractivity contribution in [3.05, 3.63) is 12.2 Å². The highest BCUT2D eigenvalue weighted by Crippen LogP contribution is 2.44. The molecule has 2 rings (SSSR count). The molecule has 6 nitrogen and oxygen atoms in total. The van der Waals surface area contributed by atoms with Gasteiger partial charge in [-0.15, -0.1) is 0 Å². The molecule has 2 aliphatic rings. The molecule has 0 bridgehead atoms. The van der Waals surface area contributed by atoms with Crippen LogP contribution in [-0.4, -0.2) is 80.0 Å². The van der Waals surface area contributed by atoms with Crippen molar-refractivity contribution in [2.24, 2.45) is 0 Å². The molecule has 0 aromatic rings. The lowest BCUT2D eigenvalue weighted by Crippen LogP contribution is -2.68. The summed E-state index contributed by atoms with van der Waals surface area (Å²) in [5.41, 5.74) is -0.118. The van der Waals surface area contributed by atoms with E-state index in [2.05, 4.69) is 85.9 Å². The quantitative estimate of drug-likeness (QED) is 0.657. The summed E-state index contributed by atoms with van der Waals surface area (Å²) < 4.78 is 0. The molecule has 31 heavy (non-hydrogen) atoms. The van der Waals surface area contributed by atoms with Gasteiger partial charge >= 0.3 is 5.97 Å². The zero-order chi connectivity index (χ0) is 24.2.